The Labute approximate surface area is 140 Å². The summed E-state index contributed by atoms with van der Waals surface area (Å²) < 4.78 is 1.10. The topological polar surface area (TPSA) is 15.3 Å². The Morgan fingerprint density at radius 3 is 2.52 bits per heavy atom. The Balaban J connectivity index is 2.18. The molecule has 2 nitrogen and oxygen atoms in total. The first kappa shape index (κ1) is 16.3. The van der Waals surface area contributed by atoms with Gasteiger partial charge in [0, 0.05) is 35.3 Å². The van der Waals surface area contributed by atoms with Crippen LogP contribution in [0.4, 0.5) is 5.69 Å². The first-order valence-electron chi connectivity index (χ1n) is 7.05. The van der Waals surface area contributed by atoms with Crippen LogP contribution in [-0.2, 0) is 13.1 Å². The van der Waals surface area contributed by atoms with Crippen LogP contribution in [-0.4, -0.2) is 13.6 Å². The second kappa shape index (κ2) is 7.83. The maximum Gasteiger partial charge on any atom is 0.0427 e. The molecular weight excluding hydrogens is 348 g/mol. The average Bonchev–Trinajstić information content (AvgIpc) is 2.48. The SMILES string of the molecule is CCNCc1ccc(Cl)cc1N(C)Cc1ccc(Br)cc1. The van der Waals surface area contributed by atoms with E-state index in [0.717, 1.165) is 29.1 Å². The minimum Gasteiger partial charge on any atom is -0.370 e. The van der Waals surface area contributed by atoms with Gasteiger partial charge in [0.05, 0.1) is 0 Å². The minimum absolute atomic E-state index is 0.771. The second-order valence-electron chi connectivity index (χ2n) is 5.04. The summed E-state index contributed by atoms with van der Waals surface area (Å²) in [5.74, 6) is 0. The standard InChI is InChI=1S/C17H20BrClN2/c1-3-20-11-14-6-9-16(19)10-17(14)21(2)12-13-4-7-15(18)8-5-13/h4-10,20H,3,11-12H2,1-2H3. The van der Waals surface area contributed by atoms with Crippen molar-refractivity contribution in [3.05, 3.63) is 63.1 Å². The summed E-state index contributed by atoms with van der Waals surface area (Å²) in [4.78, 5) is 2.24. The molecule has 21 heavy (non-hydrogen) atoms. The average molecular weight is 368 g/mol. The van der Waals surface area contributed by atoms with Gasteiger partial charge in [0.15, 0.2) is 0 Å². The summed E-state index contributed by atoms with van der Waals surface area (Å²) in [6.45, 7) is 4.78. The quantitative estimate of drug-likeness (QED) is 0.785. The molecule has 0 atom stereocenters. The maximum atomic E-state index is 6.17. The highest BCUT2D eigenvalue weighted by molar-refractivity contribution is 9.10. The fourth-order valence-corrected chi connectivity index (χ4v) is 2.68. The molecule has 4 heteroatoms. The lowest BCUT2D eigenvalue weighted by atomic mass is 10.1. The van der Waals surface area contributed by atoms with E-state index in [1.807, 2.05) is 12.1 Å². The van der Waals surface area contributed by atoms with Crippen molar-refractivity contribution >= 4 is 33.2 Å². The van der Waals surface area contributed by atoms with E-state index in [-0.39, 0.29) is 0 Å². The smallest absolute Gasteiger partial charge is 0.0427 e. The molecule has 0 heterocycles. The third-order valence-corrected chi connectivity index (χ3v) is 4.12. The first-order chi connectivity index (χ1) is 10.1. The predicted octanol–water partition coefficient (Wildman–Crippen LogP) is 4.85. The Bertz CT molecular complexity index is 584. The highest BCUT2D eigenvalue weighted by Gasteiger charge is 2.09. The van der Waals surface area contributed by atoms with Gasteiger partial charge in [-0.05, 0) is 41.9 Å². The zero-order valence-electron chi connectivity index (χ0n) is 12.4. The number of hydrogen-bond donors (Lipinski definition) is 1. The van der Waals surface area contributed by atoms with Crippen LogP contribution in [0.3, 0.4) is 0 Å². The lowest BCUT2D eigenvalue weighted by Crippen LogP contribution is -2.20. The highest BCUT2D eigenvalue weighted by Crippen LogP contribution is 2.25. The molecule has 0 aliphatic rings. The summed E-state index contributed by atoms with van der Waals surface area (Å²) >= 11 is 9.63. The van der Waals surface area contributed by atoms with Gasteiger partial charge in [0.25, 0.3) is 0 Å². The Morgan fingerprint density at radius 1 is 1.14 bits per heavy atom. The molecule has 0 aromatic heterocycles. The van der Waals surface area contributed by atoms with E-state index in [0.29, 0.717) is 0 Å². The molecule has 0 aliphatic carbocycles. The van der Waals surface area contributed by atoms with Crippen molar-refractivity contribution in [2.45, 2.75) is 20.0 Å². The van der Waals surface area contributed by atoms with Crippen LogP contribution in [0.2, 0.25) is 5.02 Å². The maximum absolute atomic E-state index is 6.17. The molecule has 2 aromatic rings. The number of anilines is 1. The number of benzene rings is 2. The van der Waals surface area contributed by atoms with E-state index >= 15 is 0 Å². The van der Waals surface area contributed by atoms with Gasteiger partial charge < -0.3 is 10.2 Å². The third-order valence-electron chi connectivity index (χ3n) is 3.36. The fourth-order valence-electron chi connectivity index (χ4n) is 2.25. The van der Waals surface area contributed by atoms with Crippen molar-refractivity contribution in [1.82, 2.24) is 5.32 Å². The predicted molar refractivity (Wildman–Crippen MR) is 95.1 cm³/mol. The van der Waals surface area contributed by atoms with Crippen molar-refractivity contribution in [3.8, 4) is 0 Å². The van der Waals surface area contributed by atoms with E-state index in [1.54, 1.807) is 0 Å². The number of hydrogen-bond acceptors (Lipinski definition) is 2. The van der Waals surface area contributed by atoms with Crippen LogP contribution in [0.5, 0.6) is 0 Å². The summed E-state index contributed by atoms with van der Waals surface area (Å²) in [7, 11) is 2.10. The Hall–Kier alpha value is -1.03. The lowest BCUT2D eigenvalue weighted by Gasteiger charge is -2.23. The van der Waals surface area contributed by atoms with Crippen LogP contribution in [0.15, 0.2) is 46.9 Å². The van der Waals surface area contributed by atoms with Crippen LogP contribution < -0.4 is 10.2 Å². The first-order valence-corrected chi connectivity index (χ1v) is 8.22. The molecule has 0 saturated carbocycles. The van der Waals surface area contributed by atoms with E-state index in [9.17, 15) is 0 Å². The molecule has 0 unspecified atom stereocenters. The normalized spacial score (nSPS) is 10.7. The molecule has 0 saturated heterocycles. The molecule has 2 rings (SSSR count). The molecule has 0 radical (unpaired) electrons. The summed E-state index contributed by atoms with van der Waals surface area (Å²) in [6.07, 6.45) is 0. The summed E-state index contributed by atoms with van der Waals surface area (Å²) in [5.41, 5.74) is 3.71. The van der Waals surface area contributed by atoms with E-state index in [2.05, 4.69) is 70.4 Å². The van der Waals surface area contributed by atoms with Crippen LogP contribution in [0.25, 0.3) is 0 Å². The van der Waals surface area contributed by atoms with E-state index in [1.165, 1.54) is 16.8 Å². The van der Waals surface area contributed by atoms with Crippen molar-refractivity contribution in [2.24, 2.45) is 0 Å². The Kier molecular flexibility index (Phi) is 6.09. The molecule has 0 fully saturated rings. The zero-order valence-corrected chi connectivity index (χ0v) is 14.7. The van der Waals surface area contributed by atoms with E-state index < -0.39 is 0 Å². The van der Waals surface area contributed by atoms with E-state index in [4.69, 9.17) is 11.6 Å². The molecular formula is C17H20BrClN2. The molecule has 0 bridgehead atoms. The van der Waals surface area contributed by atoms with Crippen LogP contribution in [0, 0.1) is 0 Å². The van der Waals surface area contributed by atoms with Crippen LogP contribution in [0.1, 0.15) is 18.1 Å². The lowest BCUT2D eigenvalue weighted by molar-refractivity contribution is 0.723. The van der Waals surface area contributed by atoms with Crippen molar-refractivity contribution in [3.63, 3.8) is 0 Å². The monoisotopic (exact) mass is 366 g/mol. The number of nitrogens with zero attached hydrogens (tertiary/aromatic N) is 1. The van der Waals surface area contributed by atoms with Gasteiger partial charge in [-0.2, -0.15) is 0 Å². The number of nitrogens with one attached hydrogen (secondary N) is 1. The van der Waals surface area contributed by atoms with Crippen LogP contribution >= 0.6 is 27.5 Å². The second-order valence-corrected chi connectivity index (χ2v) is 6.39. The highest BCUT2D eigenvalue weighted by atomic mass is 79.9. The fraction of sp³-hybridized carbons (Fsp3) is 0.294. The number of halogens is 2. The summed E-state index contributed by atoms with van der Waals surface area (Å²) in [6, 6.07) is 14.5. The molecule has 112 valence electrons. The van der Waals surface area contributed by atoms with Gasteiger partial charge in [-0.1, -0.05) is 52.7 Å². The molecule has 2 aromatic carbocycles. The van der Waals surface area contributed by atoms with Gasteiger partial charge >= 0.3 is 0 Å². The molecule has 0 spiro atoms. The van der Waals surface area contributed by atoms with Crippen molar-refractivity contribution in [1.29, 1.82) is 0 Å². The zero-order chi connectivity index (χ0) is 15.2. The van der Waals surface area contributed by atoms with Crippen molar-refractivity contribution < 1.29 is 0 Å². The summed E-state index contributed by atoms with van der Waals surface area (Å²) in [5, 5.41) is 4.15. The van der Waals surface area contributed by atoms with Gasteiger partial charge in [0.1, 0.15) is 0 Å². The Morgan fingerprint density at radius 2 is 1.86 bits per heavy atom. The molecule has 0 amide bonds. The molecule has 0 aliphatic heterocycles. The largest absolute Gasteiger partial charge is 0.370 e. The van der Waals surface area contributed by atoms with Crippen molar-refractivity contribution in [2.75, 3.05) is 18.5 Å². The minimum atomic E-state index is 0.771. The van der Waals surface area contributed by atoms with Gasteiger partial charge in [-0.3, -0.25) is 0 Å². The van der Waals surface area contributed by atoms with Gasteiger partial charge in [-0.15, -0.1) is 0 Å². The third kappa shape index (κ3) is 4.73. The molecule has 1 N–H and O–H groups in total. The van der Waals surface area contributed by atoms with Gasteiger partial charge in [0.2, 0.25) is 0 Å². The number of rotatable bonds is 6. The van der Waals surface area contributed by atoms with Gasteiger partial charge in [-0.25, -0.2) is 0 Å².